The third-order valence-electron chi connectivity index (χ3n) is 8.57. The highest BCUT2D eigenvalue weighted by Crippen LogP contribution is 2.49. The molecule has 2 aliphatic carbocycles. The molecule has 2 aliphatic heterocycles. The Morgan fingerprint density at radius 1 is 1.15 bits per heavy atom. The highest BCUT2D eigenvalue weighted by molar-refractivity contribution is 7.87. The van der Waals surface area contributed by atoms with Crippen LogP contribution in [0.5, 0.6) is 0 Å². The predicted octanol–water partition coefficient (Wildman–Crippen LogP) is 4.53. The van der Waals surface area contributed by atoms with Crippen molar-refractivity contribution in [1.82, 2.24) is 9.97 Å². The largest absolute Gasteiger partial charge is 0.394 e. The summed E-state index contributed by atoms with van der Waals surface area (Å²) in [4.78, 5) is 13.1. The van der Waals surface area contributed by atoms with Gasteiger partial charge in [-0.2, -0.15) is 4.98 Å². The average molecular weight is 501 g/mol. The number of nitrogens with zero attached hydrogens (tertiary/aromatic N) is 3. The summed E-state index contributed by atoms with van der Waals surface area (Å²) in [7, 11) is -1.18. The van der Waals surface area contributed by atoms with E-state index in [1.807, 2.05) is 26.0 Å². The van der Waals surface area contributed by atoms with Crippen molar-refractivity contribution < 1.29 is 9.32 Å². The number of nitrogens with one attached hydrogen (secondary N) is 1. The minimum absolute atomic E-state index is 0.0633. The van der Waals surface area contributed by atoms with Crippen molar-refractivity contribution >= 4 is 34.2 Å². The number of anilines is 2. The van der Waals surface area contributed by atoms with Gasteiger partial charge in [0, 0.05) is 24.5 Å². The van der Waals surface area contributed by atoms with Crippen LogP contribution in [0.15, 0.2) is 29.2 Å². The van der Waals surface area contributed by atoms with E-state index in [0.717, 1.165) is 53.9 Å². The Hall–Kier alpha value is -1.70. The van der Waals surface area contributed by atoms with Crippen LogP contribution < -0.4 is 10.2 Å². The molecule has 6 rings (SSSR count). The van der Waals surface area contributed by atoms with E-state index >= 15 is 0 Å². The zero-order valence-electron chi connectivity index (χ0n) is 19.9. The second-order valence-corrected chi connectivity index (χ2v) is 13.8. The average Bonchev–Trinajstić information content (AvgIpc) is 3.18. The van der Waals surface area contributed by atoms with Gasteiger partial charge in [0.25, 0.3) is 0 Å². The molecule has 182 valence electrons. The summed E-state index contributed by atoms with van der Waals surface area (Å²) >= 11 is 6.14. The molecule has 34 heavy (non-hydrogen) atoms. The Balaban J connectivity index is 1.32. The summed E-state index contributed by atoms with van der Waals surface area (Å²) in [5.41, 5.74) is 1.94. The van der Waals surface area contributed by atoms with Crippen LogP contribution in [0.1, 0.15) is 63.1 Å². The minimum atomic E-state index is -1.18. The number of benzene rings is 1. The first kappa shape index (κ1) is 22.7. The van der Waals surface area contributed by atoms with Crippen molar-refractivity contribution in [3.63, 3.8) is 0 Å². The van der Waals surface area contributed by atoms with Crippen LogP contribution in [-0.2, 0) is 17.2 Å². The predicted molar refractivity (Wildman–Crippen MR) is 136 cm³/mol. The molecule has 1 aromatic carbocycles. The van der Waals surface area contributed by atoms with Crippen molar-refractivity contribution in [2.24, 2.45) is 11.8 Å². The molecule has 1 aromatic heterocycles. The normalized spacial score (nSPS) is 30.6. The number of halogens is 1. The third kappa shape index (κ3) is 3.66. The Labute approximate surface area is 209 Å². The second kappa shape index (κ2) is 8.17. The molecule has 0 radical (unpaired) electrons. The van der Waals surface area contributed by atoms with Crippen molar-refractivity contribution in [1.29, 1.82) is 0 Å². The first-order valence-corrected chi connectivity index (χ1v) is 14.0. The molecule has 3 fully saturated rings. The van der Waals surface area contributed by atoms with Gasteiger partial charge in [-0.15, -0.1) is 0 Å². The summed E-state index contributed by atoms with van der Waals surface area (Å²) in [6.45, 7) is 6.00. The number of piperidine rings is 1. The number of aliphatic hydroxyl groups is 1. The van der Waals surface area contributed by atoms with Crippen LogP contribution in [0.3, 0.4) is 0 Å². The van der Waals surface area contributed by atoms with Gasteiger partial charge < -0.3 is 15.3 Å². The second-order valence-electron chi connectivity index (χ2n) is 11.4. The first-order valence-electron chi connectivity index (χ1n) is 12.5. The number of hydrogen-bond donors (Lipinski definition) is 2. The van der Waals surface area contributed by atoms with E-state index in [2.05, 4.69) is 22.3 Å². The Morgan fingerprint density at radius 3 is 2.41 bits per heavy atom. The highest BCUT2D eigenvalue weighted by atomic mass is 35.5. The zero-order chi connectivity index (χ0) is 23.7. The minimum Gasteiger partial charge on any atom is -0.394 e. The Bertz CT molecular complexity index is 1110. The number of rotatable bonds is 5. The van der Waals surface area contributed by atoms with Crippen LogP contribution in [0.4, 0.5) is 11.8 Å². The molecule has 3 atom stereocenters. The summed E-state index contributed by atoms with van der Waals surface area (Å²) in [5.74, 6) is 3.10. The van der Waals surface area contributed by atoms with E-state index in [1.165, 1.54) is 18.4 Å². The summed E-state index contributed by atoms with van der Waals surface area (Å²) in [6.07, 6.45) is 6.02. The molecular formula is C26H33ClN4O2S. The van der Waals surface area contributed by atoms with Crippen LogP contribution in [0.25, 0.3) is 0 Å². The van der Waals surface area contributed by atoms with E-state index in [4.69, 9.17) is 21.6 Å². The number of aromatic nitrogens is 2. The van der Waals surface area contributed by atoms with Crippen molar-refractivity contribution in [3.8, 4) is 0 Å². The lowest BCUT2D eigenvalue weighted by Gasteiger charge is -2.42. The lowest BCUT2D eigenvalue weighted by atomic mass is 9.77. The molecular weight excluding hydrogens is 468 g/mol. The molecule has 0 amide bonds. The molecule has 6 nitrogen and oxygen atoms in total. The van der Waals surface area contributed by atoms with Crippen LogP contribution in [0, 0.1) is 11.8 Å². The van der Waals surface area contributed by atoms with Gasteiger partial charge in [-0.05, 0) is 81.4 Å². The van der Waals surface area contributed by atoms with Crippen LogP contribution in [-0.4, -0.2) is 49.3 Å². The fraction of sp³-hybridized carbons (Fsp3) is 0.615. The van der Waals surface area contributed by atoms with Gasteiger partial charge in [-0.1, -0.05) is 23.7 Å². The van der Waals surface area contributed by atoms with E-state index in [0.29, 0.717) is 30.0 Å². The summed E-state index contributed by atoms with van der Waals surface area (Å²) in [5, 5.41) is 14.4. The van der Waals surface area contributed by atoms with Crippen molar-refractivity contribution in [3.05, 3.63) is 40.5 Å². The molecule has 0 spiro atoms. The van der Waals surface area contributed by atoms with Gasteiger partial charge >= 0.3 is 0 Å². The monoisotopic (exact) mass is 500 g/mol. The zero-order valence-corrected chi connectivity index (χ0v) is 21.5. The quantitative estimate of drug-likeness (QED) is 0.628. The lowest BCUT2D eigenvalue weighted by molar-refractivity contribution is 0.143. The third-order valence-corrected chi connectivity index (χ3v) is 10.8. The molecule has 2 N–H and O–H groups in total. The molecule has 2 bridgehead atoms. The fourth-order valence-electron chi connectivity index (χ4n) is 6.56. The summed E-state index contributed by atoms with van der Waals surface area (Å²) in [6, 6.07) is 8.38. The molecule has 3 heterocycles. The molecule has 8 heteroatoms. The Morgan fingerprint density at radius 2 is 1.82 bits per heavy atom. The smallest absolute Gasteiger partial charge is 0.227 e. The van der Waals surface area contributed by atoms with Crippen molar-refractivity contribution in [2.45, 2.75) is 73.5 Å². The van der Waals surface area contributed by atoms with Gasteiger partial charge in [0.05, 0.1) is 33.4 Å². The van der Waals surface area contributed by atoms with Crippen molar-refractivity contribution in [2.75, 3.05) is 29.9 Å². The van der Waals surface area contributed by atoms with E-state index in [1.54, 1.807) is 0 Å². The van der Waals surface area contributed by atoms with E-state index in [9.17, 15) is 9.32 Å². The maximum absolute atomic E-state index is 13.4. The lowest BCUT2D eigenvalue weighted by Crippen LogP contribution is -2.49. The molecule has 2 unspecified atom stereocenters. The van der Waals surface area contributed by atoms with Gasteiger partial charge in [0.1, 0.15) is 10.7 Å². The molecule has 1 saturated heterocycles. The summed E-state index contributed by atoms with van der Waals surface area (Å²) < 4.78 is 13.0. The molecule has 2 aromatic rings. The number of hydrogen-bond acceptors (Lipinski definition) is 6. The standard InChI is InChI=1S/C26H33ClN4O2S/c1-25(2)12-20-22(34(25)33)23(30-26(15-32)10-3-11-26)29-24(28-20)31-13-17-4-5-18(14-31)21(17)16-6-8-19(27)9-7-16/h6-9,17-18,21,32H,3-5,10-15H2,1-2H3,(H,28,29,30)/t17?,18?,21?,34-/m1/s1. The van der Waals surface area contributed by atoms with Crippen LogP contribution >= 0.6 is 11.6 Å². The van der Waals surface area contributed by atoms with E-state index < -0.39 is 10.8 Å². The Kier molecular flexibility index (Phi) is 5.47. The molecule has 4 aliphatic rings. The SMILES string of the molecule is CC1(C)Cc2nc(N3CC4CCC(C3)C4c3ccc(Cl)cc3)nc(NC3(CO)CCC3)c2[S@]1=O. The van der Waals surface area contributed by atoms with Gasteiger partial charge in [0.2, 0.25) is 5.95 Å². The topological polar surface area (TPSA) is 78.3 Å². The maximum Gasteiger partial charge on any atom is 0.227 e. The maximum atomic E-state index is 13.4. The number of fused-ring (bicyclic) bond motifs is 3. The van der Waals surface area contributed by atoms with Gasteiger partial charge in [-0.25, -0.2) is 4.98 Å². The number of aliphatic hydroxyl groups excluding tert-OH is 1. The van der Waals surface area contributed by atoms with Crippen LogP contribution in [0.2, 0.25) is 5.02 Å². The fourth-order valence-corrected chi connectivity index (χ4v) is 8.11. The van der Waals surface area contributed by atoms with Gasteiger partial charge in [-0.3, -0.25) is 4.21 Å². The highest BCUT2D eigenvalue weighted by Gasteiger charge is 2.46. The van der Waals surface area contributed by atoms with Gasteiger partial charge in [0.15, 0.2) is 0 Å². The first-order chi connectivity index (χ1) is 16.3. The molecule has 2 saturated carbocycles. The van der Waals surface area contributed by atoms with E-state index in [-0.39, 0.29) is 16.9 Å².